The number of benzene rings is 1. The fourth-order valence-electron chi connectivity index (χ4n) is 5.99. The molecule has 0 saturated heterocycles. The molecule has 5 aliphatic rings. The summed E-state index contributed by atoms with van der Waals surface area (Å²) in [6.07, 6.45) is 5.56. The predicted molar refractivity (Wildman–Crippen MR) is 103 cm³/mol. The highest BCUT2D eigenvalue weighted by atomic mass is 35.5. The molecule has 2 atom stereocenters. The normalized spacial score (nSPS) is 34.8. The predicted octanol–water partition coefficient (Wildman–Crippen LogP) is 3.52. The topological polar surface area (TPSA) is 73.9 Å². The average Bonchev–Trinajstić information content (AvgIpc) is 2.64. The lowest BCUT2D eigenvalue weighted by Gasteiger charge is -2.58. The summed E-state index contributed by atoms with van der Waals surface area (Å²) >= 11 is 6.78. The Labute approximate surface area is 168 Å². The molecule has 150 valence electrons. The summed E-state index contributed by atoms with van der Waals surface area (Å²) in [6.45, 7) is 0.704. The molecule has 1 heterocycles. The second-order valence-corrected chi connectivity index (χ2v) is 9.68. The van der Waals surface area contributed by atoms with E-state index in [1.165, 1.54) is 6.42 Å². The van der Waals surface area contributed by atoms with Gasteiger partial charge in [0.15, 0.2) is 18.1 Å². The third kappa shape index (κ3) is 3.21. The average molecular weight is 406 g/mol. The second kappa shape index (κ2) is 6.55. The Kier molecular flexibility index (Phi) is 4.23. The van der Waals surface area contributed by atoms with Gasteiger partial charge in [0.2, 0.25) is 0 Å². The zero-order valence-corrected chi connectivity index (χ0v) is 16.4. The fourth-order valence-corrected chi connectivity index (χ4v) is 6.68. The van der Waals surface area contributed by atoms with Crippen molar-refractivity contribution in [3.63, 3.8) is 0 Å². The van der Waals surface area contributed by atoms with Crippen LogP contribution in [0, 0.1) is 17.3 Å². The standard InChI is InChI=1S/C21H24ClNO5/c22-21-9-13-5-14(10-21)8-20(7-13,12-21)19(25)28-11-18(24)23-15-1-2-16-17(6-15)27-4-3-26-16/h1-2,6,13-14H,3-5,7-12H2,(H,23,24)/t13-,14-,20?,21?/m1/s1. The molecule has 4 fully saturated rings. The SMILES string of the molecule is O=C(COC(=O)C12C[C@H]3C[C@@H](CC(Cl)(C3)C1)C2)Nc1ccc2c(c1)OCCO2. The highest BCUT2D eigenvalue weighted by Gasteiger charge is 2.60. The van der Waals surface area contributed by atoms with Crippen molar-refractivity contribution in [2.24, 2.45) is 17.3 Å². The Morgan fingerprint density at radius 3 is 2.54 bits per heavy atom. The number of nitrogens with one attached hydrogen (secondary N) is 1. The van der Waals surface area contributed by atoms with Crippen molar-refractivity contribution in [3.8, 4) is 11.5 Å². The van der Waals surface area contributed by atoms with Crippen molar-refractivity contribution >= 4 is 29.2 Å². The van der Waals surface area contributed by atoms with Gasteiger partial charge in [-0.25, -0.2) is 0 Å². The molecule has 0 unspecified atom stereocenters. The first-order valence-electron chi connectivity index (χ1n) is 9.99. The van der Waals surface area contributed by atoms with Crippen molar-refractivity contribution in [2.45, 2.75) is 43.4 Å². The van der Waals surface area contributed by atoms with E-state index in [4.69, 9.17) is 25.8 Å². The Bertz CT molecular complexity index is 811. The van der Waals surface area contributed by atoms with Gasteiger partial charge in [0.05, 0.1) is 5.41 Å². The van der Waals surface area contributed by atoms with E-state index in [-0.39, 0.29) is 23.4 Å². The molecule has 4 saturated carbocycles. The molecule has 6 nitrogen and oxygen atoms in total. The number of fused-ring (bicyclic) bond motifs is 1. The van der Waals surface area contributed by atoms with Gasteiger partial charge in [-0.3, -0.25) is 9.59 Å². The number of alkyl halides is 1. The molecule has 0 spiro atoms. The summed E-state index contributed by atoms with van der Waals surface area (Å²) in [7, 11) is 0. The maximum absolute atomic E-state index is 12.9. The van der Waals surface area contributed by atoms with Crippen molar-refractivity contribution < 1.29 is 23.8 Å². The minimum absolute atomic E-state index is 0.253. The van der Waals surface area contributed by atoms with Gasteiger partial charge in [-0.05, 0) is 62.5 Å². The molecule has 0 aromatic heterocycles. The minimum atomic E-state index is -0.497. The lowest BCUT2D eigenvalue weighted by atomic mass is 9.49. The highest BCUT2D eigenvalue weighted by molar-refractivity contribution is 6.24. The molecule has 1 amide bonds. The van der Waals surface area contributed by atoms with Crippen LogP contribution in [0.5, 0.6) is 11.5 Å². The molecular weight excluding hydrogens is 382 g/mol. The van der Waals surface area contributed by atoms with Gasteiger partial charge < -0.3 is 19.5 Å². The molecule has 6 rings (SSSR count). The third-order valence-corrected chi connectivity index (χ3v) is 7.03. The van der Waals surface area contributed by atoms with Gasteiger partial charge >= 0.3 is 5.97 Å². The first-order chi connectivity index (χ1) is 13.4. The van der Waals surface area contributed by atoms with Crippen LogP contribution in [0.4, 0.5) is 5.69 Å². The molecule has 1 aliphatic heterocycles. The highest BCUT2D eigenvalue weighted by Crippen LogP contribution is 2.64. The Morgan fingerprint density at radius 2 is 1.82 bits per heavy atom. The number of esters is 1. The first kappa shape index (κ1) is 18.1. The molecule has 7 heteroatoms. The molecule has 1 aromatic carbocycles. The van der Waals surface area contributed by atoms with Gasteiger partial charge in [0, 0.05) is 16.6 Å². The number of rotatable bonds is 4. The lowest BCUT2D eigenvalue weighted by Crippen LogP contribution is -2.56. The summed E-state index contributed by atoms with van der Waals surface area (Å²) in [5.74, 6) is 1.66. The van der Waals surface area contributed by atoms with E-state index >= 15 is 0 Å². The van der Waals surface area contributed by atoms with Crippen LogP contribution in [0.3, 0.4) is 0 Å². The first-order valence-corrected chi connectivity index (χ1v) is 10.4. The molecular formula is C21H24ClNO5. The van der Waals surface area contributed by atoms with Crippen LogP contribution >= 0.6 is 11.6 Å². The summed E-state index contributed by atoms with van der Waals surface area (Å²) in [5, 5.41) is 2.75. The largest absolute Gasteiger partial charge is 0.486 e. The zero-order valence-electron chi connectivity index (χ0n) is 15.7. The zero-order chi connectivity index (χ0) is 19.4. The number of amides is 1. The van der Waals surface area contributed by atoms with Crippen molar-refractivity contribution in [1.29, 1.82) is 0 Å². The van der Waals surface area contributed by atoms with Gasteiger partial charge in [-0.1, -0.05) is 0 Å². The summed E-state index contributed by atoms with van der Waals surface area (Å²) in [4.78, 5) is 24.9. The van der Waals surface area contributed by atoms with Gasteiger partial charge in [-0.15, -0.1) is 11.6 Å². The van der Waals surface area contributed by atoms with Gasteiger partial charge in [0.25, 0.3) is 5.91 Å². The molecule has 28 heavy (non-hydrogen) atoms. The Morgan fingerprint density at radius 1 is 1.11 bits per heavy atom. The minimum Gasteiger partial charge on any atom is -0.486 e. The second-order valence-electron chi connectivity index (χ2n) is 8.87. The van der Waals surface area contributed by atoms with Crippen LogP contribution in [0.15, 0.2) is 18.2 Å². The molecule has 4 aliphatic carbocycles. The van der Waals surface area contributed by atoms with E-state index in [0.29, 0.717) is 48.7 Å². The van der Waals surface area contributed by atoms with Crippen LogP contribution in [-0.4, -0.2) is 36.6 Å². The van der Waals surface area contributed by atoms with Gasteiger partial charge in [-0.2, -0.15) is 0 Å². The van der Waals surface area contributed by atoms with Gasteiger partial charge in [0.1, 0.15) is 13.2 Å². The van der Waals surface area contributed by atoms with E-state index in [0.717, 1.165) is 25.7 Å². The van der Waals surface area contributed by atoms with Crippen LogP contribution in [0.25, 0.3) is 0 Å². The number of anilines is 1. The van der Waals surface area contributed by atoms with E-state index < -0.39 is 5.41 Å². The third-order valence-electron chi connectivity index (χ3n) is 6.58. The van der Waals surface area contributed by atoms with E-state index in [2.05, 4.69) is 5.32 Å². The van der Waals surface area contributed by atoms with Crippen molar-refractivity contribution in [3.05, 3.63) is 18.2 Å². The Balaban J connectivity index is 1.20. The number of hydrogen-bond donors (Lipinski definition) is 1. The molecule has 1 aromatic rings. The fraction of sp³-hybridized carbons (Fsp3) is 0.619. The van der Waals surface area contributed by atoms with Crippen LogP contribution in [-0.2, 0) is 14.3 Å². The van der Waals surface area contributed by atoms with Crippen LogP contribution < -0.4 is 14.8 Å². The number of carbonyl (C=O) groups is 2. The smallest absolute Gasteiger partial charge is 0.312 e. The number of hydrogen-bond acceptors (Lipinski definition) is 5. The number of carbonyl (C=O) groups excluding carboxylic acids is 2. The molecule has 0 radical (unpaired) electrons. The number of ether oxygens (including phenoxy) is 3. The lowest BCUT2D eigenvalue weighted by molar-refractivity contribution is -0.171. The molecule has 4 bridgehead atoms. The summed E-state index contributed by atoms with van der Waals surface area (Å²) in [5.41, 5.74) is 0.0862. The maximum atomic E-state index is 12.9. The monoisotopic (exact) mass is 405 g/mol. The van der Waals surface area contributed by atoms with E-state index in [1.807, 2.05) is 0 Å². The van der Waals surface area contributed by atoms with Crippen molar-refractivity contribution in [1.82, 2.24) is 0 Å². The van der Waals surface area contributed by atoms with Crippen LogP contribution in [0.2, 0.25) is 0 Å². The quantitative estimate of drug-likeness (QED) is 0.612. The summed E-state index contributed by atoms with van der Waals surface area (Å²) < 4.78 is 16.4. The Hall–Kier alpha value is -1.95. The molecule has 1 N–H and O–H groups in total. The number of halogens is 1. The summed E-state index contributed by atoms with van der Waals surface area (Å²) in [6, 6.07) is 5.21. The van der Waals surface area contributed by atoms with Crippen molar-refractivity contribution in [2.75, 3.05) is 25.1 Å². The maximum Gasteiger partial charge on any atom is 0.312 e. The van der Waals surface area contributed by atoms with E-state index in [9.17, 15) is 9.59 Å². The van der Waals surface area contributed by atoms with E-state index in [1.54, 1.807) is 18.2 Å². The van der Waals surface area contributed by atoms with Crippen LogP contribution in [0.1, 0.15) is 38.5 Å².